The Labute approximate surface area is 254 Å². The summed E-state index contributed by atoms with van der Waals surface area (Å²) in [5.41, 5.74) is 3.47. The van der Waals surface area contributed by atoms with E-state index in [1.807, 2.05) is 36.5 Å². The molecule has 1 aliphatic heterocycles. The predicted molar refractivity (Wildman–Crippen MR) is 179 cm³/mol. The lowest BCUT2D eigenvalue weighted by molar-refractivity contribution is 0.0952. The van der Waals surface area contributed by atoms with Crippen LogP contribution in [0.1, 0.15) is 46.0 Å². The molecule has 2 aliphatic rings. The summed E-state index contributed by atoms with van der Waals surface area (Å²) in [4.78, 5) is 17.9. The van der Waals surface area contributed by atoms with Crippen molar-refractivity contribution in [3.63, 3.8) is 0 Å². The zero-order valence-electron chi connectivity index (χ0n) is 25.9. The second kappa shape index (κ2) is 12.2. The smallest absolute Gasteiger partial charge is 0.231 e. The lowest BCUT2D eigenvalue weighted by Gasteiger charge is -2.44. The van der Waals surface area contributed by atoms with Crippen LogP contribution in [0.5, 0.6) is 5.75 Å². The molecule has 0 bridgehead atoms. The van der Waals surface area contributed by atoms with E-state index in [0.717, 1.165) is 52.6 Å². The Balaban J connectivity index is 1.24. The van der Waals surface area contributed by atoms with Gasteiger partial charge in [0.2, 0.25) is 5.95 Å². The van der Waals surface area contributed by atoms with Gasteiger partial charge in [-0.1, -0.05) is 18.6 Å². The number of aromatic amines is 1. The zero-order valence-corrected chi connectivity index (χ0v) is 26.8. The van der Waals surface area contributed by atoms with Gasteiger partial charge in [0.25, 0.3) is 0 Å². The summed E-state index contributed by atoms with van der Waals surface area (Å²) < 4.78 is 19.3. The molecule has 0 radical (unpaired) electrons. The van der Waals surface area contributed by atoms with E-state index in [-0.39, 0.29) is 6.10 Å². The number of anilines is 5. The molecule has 0 unspecified atom stereocenters. The molecule has 1 saturated carbocycles. The van der Waals surface area contributed by atoms with Crippen molar-refractivity contribution in [1.29, 1.82) is 0 Å². The molecule has 1 aliphatic carbocycles. The lowest BCUT2D eigenvalue weighted by Crippen LogP contribution is -2.49. The molecule has 0 spiro atoms. The fraction of sp³-hybridized carbons (Fsp3) is 0.455. The minimum Gasteiger partial charge on any atom is -0.489 e. The van der Waals surface area contributed by atoms with Crippen LogP contribution in [0.3, 0.4) is 0 Å². The number of piperidine rings is 1. The van der Waals surface area contributed by atoms with E-state index < -0.39 is 7.14 Å². The molecule has 9 nitrogen and oxygen atoms in total. The van der Waals surface area contributed by atoms with Crippen LogP contribution < -0.4 is 25.6 Å². The van der Waals surface area contributed by atoms with Gasteiger partial charge < -0.3 is 34.7 Å². The van der Waals surface area contributed by atoms with Gasteiger partial charge in [0, 0.05) is 48.4 Å². The van der Waals surface area contributed by atoms with Crippen molar-refractivity contribution >= 4 is 52.3 Å². The Hall–Kier alpha value is -3.55. The minimum atomic E-state index is -2.50. The molecule has 228 valence electrons. The highest BCUT2D eigenvalue weighted by molar-refractivity contribution is 7.70. The highest BCUT2D eigenvalue weighted by atomic mass is 31.2. The number of nitrogens with one attached hydrogen (secondary N) is 3. The molecule has 2 aromatic heterocycles. The van der Waals surface area contributed by atoms with Crippen LogP contribution in [-0.2, 0) is 4.57 Å². The number of hydrogen-bond donors (Lipinski definition) is 3. The Morgan fingerprint density at radius 3 is 2.44 bits per heavy atom. The summed E-state index contributed by atoms with van der Waals surface area (Å²) in [5, 5.41) is 8.48. The SMILES string of the molecule is CC(C)Oc1cc(Nc2nc(Nc3ccccc3P(C)(C)=O)c3cc[nH]c3n2)ccc1N1CCC(N(C)C2CCC2)CC1. The zero-order chi connectivity index (χ0) is 30.1. The Bertz CT molecular complexity index is 1620. The van der Waals surface area contributed by atoms with Crippen molar-refractivity contribution in [3.8, 4) is 5.75 Å². The summed E-state index contributed by atoms with van der Waals surface area (Å²) in [7, 11) is -0.185. The summed E-state index contributed by atoms with van der Waals surface area (Å²) in [6.07, 6.45) is 8.31. The number of ether oxygens (including phenoxy) is 1. The maximum Gasteiger partial charge on any atom is 0.231 e. The third kappa shape index (κ3) is 6.53. The first-order chi connectivity index (χ1) is 20.7. The molecule has 0 amide bonds. The molecule has 2 fully saturated rings. The van der Waals surface area contributed by atoms with Crippen molar-refractivity contribution in [2.45, 2.75) is 64.1 Å². The van der Waals surface area contributed by atoms with E-state index in [1.165, 1.54) is 32.1 Å². The van der Waals surface area contributed by atoms with Crippen LogP contribution in [0, 0.1) is 0 Å². The molecule has 1 saturated heterocycles. The monoisotopic (exact) mass is 601 g/mol. The average molecular weight is 602 g/mol. The van der Waals surface area contributed by atoms with E-state index in [1.54, 1.807) is 13.3 Å². The summed E-state index contributed by atoms with van der Waals surface area (Å²) in [6, 6.07) is 17.3. The van der Waals surface area contributed by atoms with Crippen molar-refractivity contribution in [3.05, 3.63) is 54.7 Å². The van der Waals surface area contributed by atoms with Crippen molar-refractivity contribution in [2.75, 3.05) is 49.0 Å². The second-order valence-electron chi connectivity index (χ2n) is 12.6. The summed E-state index contributed by atoms with van der Waals surface area (Å²) in [5.74, 6) is 1.95. The first-order valence-electron chi connectivity index (χ1n) is 15.5. The van der Waals surface area contributed by atoms with E-state index in [0.29, 0.717) is 23.5 Å². The maximum absolute atomic E-state index is 13.0. The topological polar surface area (TPSA) is 98.4 Å². The number of fused-ring (bicyclic) bond motifs is 1. The predicted octanol–water partition coefficient (Wildman–Crippen LogP) is 6.93. The molecule has 2 aromatic carbocycles. The van der Waals surface area contributed by atoms with Gasteiger partial charge in [-0.3, -0.25) is 0 Å². The van der Waals surface area contributed by atoms with E-state index in [2.05, 4.69) is 64.5 Å². The van der Waals surface area contributed by atoms with Gasteiger partial charge in [0.15, 0.2) is 0 Å². The van der Waals surface area contributed by atoms with Crippen molar-refractivity contribution < 1.29 is 9.30 Å². The molecule has 4 aromatic rings. The molecule has 43 heavy (non-hydrogen) atoms. The number of para-hydroxylation sites is 1. The van der Waals surface area contributed by atoms with Crippen LogP contribution in [-0.4, -0.2) is 71.5 Å². The fourth-order valence-corrected chi connectivity index (χ4v) is 7.36. The van der Waals surface area contributed by atoms with Gasteiger partial charge in [-0.25, -0.2) is 0 Å². The van der Waals surface area contributed by atoms with Crippen molar-refractivity contribution in [2.24, 2.45) is 0 Å². The maximum atomic E-state index is 13.0. The number of rotatable bonds is 10. The first kappa shape index (κ1) is 29.5. The fourth-order valence-electron chi connectivity index (χ4n) is 6.21. The molecule has 6 rings (SSSR count). The molecular weight excluding hydrogens is 557 g/mol. The number of aromatic nitrogens is 3. The van der Waals surface area contributed by atoms with E-state index >= 15 is 0 Å². The van der Waals surface area contributed by atoms with Crippen LogP contribution in [0.25, 0.3) is 11.0 Å². The number of benzene rings is 2. The first-order valence-corrected chi connectivity index (χ1v) is 18.1. The standard InChI is InChI=1S/C33H44N7O2P/c1-22(2)42-29-21-23(13-14-28(29)40-19-16-25(17-20-40)39(3)24-9-8-10-24)35-33-37-31-26(15-18-34-31)32(38-33)36-27-11-6-7-12-30(27)43(4,5)41/h6-7,11-15,18,21-22,24-25H,8-10,16-17,19-20H2,1-5H3,(H3,34,35,36,37,38). The number of H-pyrrole nitrogens is 1. The van der Waals surface area contributed by atoms with Gasteiger partial charge in [0.1, 0.15) is 24.4 Å². The average Bonchev–Trinajstić information content (AvgIpc) is 3.41. The Morgan fingerprint density at radius 1 is 1.00 bits per heavy atom. The molecular formula is C33H44N7O2P. The van der Waals surface area contributed by atoms with Gasteiger partial charge in [-0.2, -0.15) is 9.97 Å². The largest absolute Gasteiger partial charge is 0.489 e. The van der Waals surface area contributed by atoms with Gasteiger partial charge >= 0.3 is 0 Å². The van der Waals surface area contributed by atoms with E-state index in [9.17, 15) is 4.57 Å². The van der Waals surface area contributed by atoms with E-state index in [4.69, 9.17) is 14.7 Å². The van der Waals surface area contributed by atoms with Gasteiger partial charge in [-0.15, -0.1) is 0 Å². The van der Waals surface area contributed by atoms with Crippen LogP contribution in [0.4, 0.5) is 28.8 Å². The molecule has 10 heteroatoms. The van der Waals surface area contributed by atoms with Crippen LogP contribution in [0.2, 0.25) is 0 Å². The third-order valence-corrected chi connectivity index (χ3v) is 10.3. The summed E-state index contributed by atoms with van der Waals surface area (Å²) in [6.45, 7) is 9.73. The highest BCUT2D eigenvalue weighted by Crippen LogP contribution is 2.39. The third-order valence-electron chi connectivity index (χ3n) is 8.76. The number of hydrogen-bond acceptors (Lipinski definition) is 8. The van der Waals surface area contributed by atoms with Gasteiger partial charge in [-0.05, 0) is 90.2 Å². The quantitative estimate of drug-likeness (QED) is 0.168. The van der Waals surface area contributed by atoms with Gasteiger partial charge in [0.05, 0.1) is 22.9 Å². The highest BCUT2D eigenvalue weighted by Gasteiger charge is 2.31. The molecule has 0 atom stereocenters. The second-order valence-corrected chi connectivity index (χ2v) is 15.8. The Morgan fingerprint density at radius 2 is 1.74 bits per heavy atom. The van der Waals surface area contributed by atoms with Crippen LogP contribution in [0.15, 0.2) is 54.7 Å². The molecule has 3 heterocycles. The summed E-state index contributed by atoms with van der Waals surface area (Å²) >= 11 is 0. The normalized spacial score (nSPS) is 16.6. The van der Waals surface area contributed by atoms with Crippen LogP contribution >= 0.6 is 7.14 Å². The minimum absolute atomic E-state index is 0.0479. The Kier molecular flexibility index (Phi) is 8.38. The lowest BCUT2D eigenvalue weighted by atomic mass is 9.89. The molecule has 3 N–H and O–H groups in total. The van der Waals surface area contributed by atoms with Crippen molar-refractivity contribution in [1.82, 2.24) is 19.9 Å². The number of nitrogens with zero attached hydrogens (tertiary/aromatic N) is 4.